The molecule has 2 atom stereocenters. The van der Waals surface area contributed by atoms with Gasteiger partial charge in [0.2, 0.25) is 0 Å². The molecule has 1 aromatic rings. The first kappa shape index (κ1) is 11.3. The summed E-state index contributed by atoms with van der Waals surface area (Å²) in [5.41, 5.74) is 5.46. The van der Waals surface area contributed by atoms with E-state index in [-0.39, 0.29) is 6.17 Å². The maximum absolute atomic E-state index is 10.7. The number of carbonyl (C=O) groups is 1. The van der Waals surface area contributed by atoms with E-state index in [0.717, 1.165) is 18.4 Å². The maximum atomic E-state index is 10.7. The monoisotopic (exact) mass is 242 g/mol. The molecule has 0 bridgehead atoms. The number of rotatable bonds is 3. The first-order chi connectivity index (χ1) is 8.76. The Morgan fingerprint density at radius 3 is 3.11 bits per heavy atom. The minimum Gasteiger partial charge on any atom is -0.364 e. The predicted octanol–water partition coefficient (Wildman–Crippen LogP) is 1.97. The molecule has 1 aromatic carbocycles. The standard InChI is InChI=1S/C15H18N2O/c1-10-2-3-11-4-5-12(14(11)6-10)7-13-8-16-15(9-18)17-13/h2-3,6,8-9,12,15-17H,4-5,7H2,1H3. The number of nitrogens with one attached hydrogen (secondary N) is 2. The molecule has 0 amide bonds. The number of benzene rings is 1. The van der Waals surface area contributed by atoms with E-state index in [4.69, 9.17) is 0 Å². The zero-order valence-corrected chi connectivity index (χ0v) is 10.6. The van der Waals surface area contributed by atoms with Gasteiger partial charge in [-0.1, -0.05) is 23.8 Å². The van der Waals surface area contributed by atoms with Crippen molar-refractivity contribution in [2.45, 2.75) is 38.3 Å². The summed E-state index contributed by atoms with van der Waals surface area (Å²) in [6, 6.07) is 6.76. The Bertz CT molecular complexity index is 507. The summed E-state index contributed by atoms with van der Waals surface area (Å²) < 4.78 is 0. The second kappa shape index (κ2) is 4.48. The van der Waals surface area contributed by atoms with Crippen LogP contribution in [-0.4, -0.2) is 12.5 Å². The molecule has 18 heavy (non-hydrogen) atoms. The van der Waals surface area contributed by atoms with E-state index in [1.165, 1.54) is 29.5 Å². The van der Waals surface area contributed by atoms with Crippen LogP contribution in [0.4, 0.5) is 0 Å². The normalized spacial score (nSPS) is 25.1. The van der Waals surface area contributed by atoms with Gasteiger partial charge in [-0.15, -0.1) is 0 Å². The smallest absolute Gasteiger partial charge is 0.162 e. The van der Waals surface area contributed by atoms with Crippen LogP contribution in [0.15, 0.2) is 30.1 Å². The Morgan fingerprint density at radius 1 is 1.44 bits per heavy atom. The Kier molecular flexibility index (Phi) is 2.82. The lowest BCUT2D eigenvalue weighted by Crippen LogP contribution is -2.33. The van der Waals surface area contributed by atoms with E-state index in [1.807, 2.05) is 6.20 Å². The van der Waals surface area contributed by atoms with Crippen LogP contribution in [0.2, 0.25) is 0 Å². The summed E-state index contributed by atoms with van der Waals surface area (Å²) in [6.07, 6.45) is 5.98. The molecule has 2 N–H and O–H groups in total. The van der Waals surface area contributed by atoms with Crippen molar-refractivity contribution >= 4 is 6.29 Å². The van der Waals surface area contributed by atoms with Crippen molar-refractivity contribution < 1.29 is 4.79 Å². The fourth-order valence-corrected chi connectivity index (χ4v) is 2.95. The number of aldehydes is 1. The van der Waals surface area contributed by atoms with Crippen molar-refractivity contribution in [2.24, 2.45) is 0 Å². The molecule has 0 saturated heterocycles. The second-order valence-electron chi connectivity index (χ2n) is 5.24. The van der Waals surface area contributed by atoms with E-state index in [2.05, 4.69) is 35.8 Å². The molecular formula is C15H18N2O. The van der Waals surface area contributed by atoms with Crippen molar-refractivity contribution in [1.82, 2.24) is 10.6 Å². The summed E-state index contributed by atoms with van der Waals surface area (Å²) in [5, 5.41) is 6.22. The molecule has 1 heterocycles. The summed E-state index contributed by atoms with van der Waals surface area (Å²) in [5.74, 6) is 0.589. The Hall–Kier alpha value is -1.77. The minimum absolute atomic E-state index is 0.238. The predicted molar refractivity (Wildman–Crippen MR) is 71.1 cm³/mol. The van der Waals surface area contributed by atoms with Crippen LogP contribution >= 0.6 is 0 Å². The van der Waals surface area contributed by atoms with Gasteiger partial charge in [-0.05, 0) is 43.2 Å². The lowest BCUT2D eigenvalue weighted by Gasteiger charge is -2.14. The molecule has 3 rings (SSSR count). The Morgan fingerprint density at radius 2 is 2.33 bits per heavy atom. The molecule has 0 radical (unpaired) electrons. The highest BCUT2D eigenvalue weighted by atomic mass is 16.1. The van der Waals surface area contributed by atoms with Crippen molar-refractivity contribution in [3.8, 4) is 0 Å². The highest BCUT2D eigenvalue weighted by Gasteiger charge is 2.25. The molecule has 0 fully saturated rings. The van der Waals surface area contributed by atoms with Crippen molar-refractivity contribution in [3.63, 3.8) is 0 Å². The second-order valence-corrected chi connectivity index (χ2v) is 5.24. The Balaban J connectivity index is 1.73. The molecule has 94 valence electrons. The number of hydrogen-bond donors (Lipinski definition) is 2. The van der Waals surface area contributed by atoms with Crippen LogP contribution in [0.3, 0.4) is 0 Å². The highest BCUT2D eigenvalue weighted by molar-refractivity contribution is 5.58. The zero-order valence-electron chi connectivity index (χ0n) is 10.6. The van der Waals surface area contributed by atoms with Crippen molar-refractivity contribution in [3.05, 3.63) is 46.8 Å². The number of fused-ring (bicyclic) bond motifs is 1. The molecule has 2 unspecified atom stereocenters. The highest BCUT2D eigenvalue weighted by Crippen LogP contribution is 2.37. The fraction of sp³-hybridized carbons (Fsp3) is 0.400. The van der Waals surface area contributed by atoms with Crippen LogP contribution in [-0.2, 0) is 11.2 Å². The SMILES string of the molecule is Cc1ccc2c(c1)C(CC1=CNC(C=O)N1)CC2. The van der Waals surface area contributed by atoms with Crippen LogP contribution in [0.25, 0.3) is 0 Å². The molecule has 1 aliphatic carbocycles. The van der Waals surface area contributed by atoms with Crippen molar-refractivity contribution in [1.29, 1.82) is 0 Å². The molecule has 0 aromatic heterocycles. The van der Waals surface area contributed by atoms with E-state index in [1.54, 1.807) is 0 Å². The van der Waals surface area contributed by atoms with Crippen molar-refractivity contribution in [2.75, 3.05) is 0 Å². The van der Waals surface area contributed by atoms with Gasteiger partial charge in [0.1, 0.15) is 0 Å². The van der Waals surface area contributed by atoms with Gasteiger partial charge < -0.3 is 10.6 Å². The fourth-order valence-electron chi connectivity index (χ4n) is 2.95. The summed E-state index contributed by atoms with van der Waals surface area (Å²) in [6.45, 7) is 2.15. The van der Waals surface area contributed by atoms with Crippen LogP contribution in [0.5, 0.6) is 0 Å². The first-order valence-electron chi connectivity index (χ1n) is 6.52. The Labute approximate surface area is 107 Å². The minimum atomic E-state index is -0.238. The maximum Gasteiger partial charge on any atom is 0.162 e. The number of carbonyl (C=O) groups excluding carboxylic acids is 1. The number of allylic oxidation sites excluding steroid dienone is 1. The summed E-state index contributed by atoms with van der Waals surface area (Å²) in [4.78, 5) is 10.7. The summed E-state index contributed by atoms with van der Waals surface area (Å²) >= 11 is 0. The number of aryl methyl sites for hydroxylation is 2. The van der Waals surface area contributed by atoms with Gasteiger partial charge in [0.05, 0.1) is 0 Å². The first-order valence-corrected chi connectivity index (χ1v) is 6.52. The zero-order chi connectivity index (χ0) is 12.5. The third kappa shape index (κ3) is 2.01. The summed E-state index contributed by atoms with van der Waals surface area (Å²) in [7, 11) is 0. The van der Waals surface area contributed by atoms with E-state index in [0.29, 0.717) is 5.92 Å². The van der Waals surface area contributed by atoms with E-state index >= 15 is 0 Å². The van der Waals surface area contributed by atoms with Gasteiger partial charge in [0, 0.05) is 11.9 Å². The van der Waals surface area contributed by atoms with Gasteiger partial charge in [-0.25, -0.2) is 0 Å². The molecule has 3 heteroatoms. The van der Waals surface area contributed by atoms with E-state index in [9.17, 15) is 4.79 Å². The third-order valence-electron chi connectivity index (χ3n) is 3.88. The van der Waals surface area contributed by atoms with Crippen LogP contribution < -0.4 is 10.6 Å². The van der Waals surface area contributed by atoms with Gasteiger partial charge in [-0.3, -0.25) is 4.79 Å². The molecule has 0 saturated carbocycles. The van der Waals surface area contributed by atoms with Gasteiger partial charge in [0.25, 0.3) is 0 Å². The van der Waals surface area contributed by atoms with Gasteiger partial charge >= 0.3 is 0 Å². The molecule has 0 spiro atoms. The third-order valence-corrected chi connectivity index (χ3v) is 3.88. The quantitative estimate of drug-likeness (QED) is 0.796. The topological polar surface area (TPSA) is 41.1 Å². The number of hydrogen-bond acceptors (Lipinski definition) is 3. The average molecular weight is 242 g/mol. The van der Waals surface area contributed by atoms with Gasteiger partial charge in [0.15, 0.2) is 12.5 Å². The average Bonchev–Trinajstić information content (AvgIpc) is 2.97. The van der Waals surface area contributed by atoms with Crippen LogP contribution in [0.1, 0.15) is 35.4 Å². The molecule has 2 aliphatic rings. The van der Waals surface area contributed by atoms with E-state index < -0.39 is 0 Å². The molecular weight excluding hydrogens is 224 g/mol. The lowest BCUT2D eigenvalue weighted by atomic mass is 9.95. The van der Waals surface area contributed by atoms with Crippen LogP contribution in [0, 0.1) is 6.92 Å². The molecule has 1 aliphatic heterocycles. The lowest BCUT2D eigenvalue weighted by molar-refractivity contribution is -0.109. The molecule has 3 nitrogen and oxygen atoms in total. The van der Waals surface area contributed by atoms with Gasteiger partial charge in [-0.2, -0.15) is 0 Å². The largest absolute Gasteiger partial charge is 0.364 e.